The van der Waals surface area contributed by atoms with Crippen molar-refractivity contribution < 1.29 is 14.3 Å². The first-order valence-corrected chi connectivity index (χ1v) is 8.54. The van der Waals surface area contributed by atoms with Gasteiger partial charge in [-0.1, -0.05) is 13.8 Å². The molecule has 1 aliphatic carbocycles. The predicted octanol–water partition coefficient (Wildman–Crippen LogP) is 2.32. The van der Waals surface area contributed by atoms with E-state index >= 15 is 0 Å². The van der Waals surface area contributed by atoms with Crippen LogP contribution in [-0.2, 0) is 16.1 Å². The minimum Gasteiger partial charge on any atom is -0.465 e. The minimum absolute atomic E-state index is 0.0331. The molecule has 0 saturated heterocycles. The Morgan fingerprint density at radius 1 is 1.52 bits per heavy atom. The first-order valence-electron chi connectivity index (χ1n) is 8.54. The summed E-state index contributed by atoms with van der Waals surface area (Å²) in [6.45, 7) is 5.34. The van der Waals surface area contributed by atoms with Gasteiger partial charge in [-0.25, -0.2) is 0 Å². The van der Waals surface area contributed by atoms with Gasteiger partial charge in [0.05, 0.1) is 0 Å². The summed E-state index contributed by atoms with van der Waals surface area (Å²) < 4.78 is 6.73. The number of aromatic amines is 1. The number of rotatable bonds is 7. The highest BCUT2D eigenvalue weighted by Crippen LogP contribution is 2.35. The van der Waals surface area contributed by atoms with Crippen LogP contribution < -0.4 is 5.32 Å². The van der Waals surface area contributed by atoms with Crippen LogP contribution in [0, 0.1) is 5.92 Å². The second-order valence-corrected chi connectivity index (χ2v) is 6.82. The van der Waals surface area contributed by atoms with Crippen molar-refractivity contribution in [2.24, 2.45) is 5.92 Å². The molecule has 0 spiro atoms. The number of carbonyl (C=O) groups excluding carboxylic acids is 2. The van der Waals surface area contributed by atoms with Crippen LogP contribution >= 0.6 is 0 Å². The van der Waals surface area contributed by atoms with E-state index in [4.69, 9.17) is 4.74 Å². The zero-order valence-corrected chi connectivity index (χ0v) is 14.4. The summed E-state index contributed by atoms with van der Waals surface area (Å²) in [5, 5.41) is 14.2. The summed E-state index contributed by atoms with van der Waals surface area (Å²) in [6.07, 6.45) is 4.14. The Balaban J connectivity index is 1.63. The molecule has 25 heavy (non-hydrogen) atoms. The van der Waals surface area contributed by atoms with Crippen molar-refractivity contribution in [2.45, 2.75) is 51.7 Å². The molecule has 0 radical (unpaired) electrons. The molecule has 134 valence electrons. The molecule has 1 fully saturated rings. The highest BCUT2D eigenvalue weighted by Gasteiger charge is 2.28. The van der Waals surface area contributed by atoms with Crippen molar-refractivity contribution in [3.8, 4) is 0 Å². The van der Waals surface area contributed by atoms with Crippen LogP contribution in [0.1, 0.15) is 55.2 Å². The number of aromatic nitrogens is 4. The van der Waals surface area contributed by atoms with Crippen LogP contribution in [0.15, 0.2) is 18.3 Å². The monoisotopic (exact) mass is 345 g/mol. The van der Waals surface area contributed by atoms with Gasteiger partial charge in [0.15, 0.2) is 5.82 Å². The Morgan fingerprint density at radius 2 is 2.36 bits per heavy atom. The fourth-order valence-electron chi connectivity index (χ4n) is 3.23. The lowest BCUT2D eigenvalue weighted by atomic mass is 10.0. The van der Waals surface area contributed by atoms with E-state index in [0.717, 1.165) is 25.0 Å². The van der Waals surface area contributed by atoms with Gasteiger partial charge in [-0.3, -0.25) is 19.4 Å². The Morgan fingerprint density at radius 3 is 3.12 bits per heavy atom. The van der Waals surface area contributed by atoms with Gasteiger partial charge in [0.1, 0.15) is 11.8 Å². The number of nitrogens with zero attached hydrogens (tertiary/aromatic N) is 3. The van der Waals surface area contributed by atoms with E-state index in [0.29, 0.717) is 30.4 Å². The molecular formula is C17H23N5O3. The van der Waals surface area contributed by atoms with Crippen LogP contribution in [0.4, 0.5) is 5.82 Å². The molecule has 1 saturated carbocycles. The third-order valence-electron chi connectivity index (χ3n) is 4.40. The van der Waals surface area contributed by atoms with Crippen molar-refractivity contribution in [3.63, 3.8) is 0 Å². The Hall–Kier alpha value is -2.64. The molecule has 0 aromatic carbocycles. The number of anilines is 1. The maximum atomic E-state index is 12.5. The van der Waals surface area contributed by atoms with Gasteiger partial charge in [-0.2, -0.15) is 10.2 Å². The highest BCUT2D eigenvalue weighted by atomic mass is 16.5. The molecule has 1 aliphatic rings. The minimum atomic E-state index is -0.232. The van der Waals surface area contributed by atoms with Gasteiger partial charge in [0, 0.05) is 30.4 Å². The largest absolute Gasteiger partial charge is 0.465 e. The molecule has 2 N–H and O–H groups in total. The smallest absolute Gasteiger partial charge is 0.293 e. The zero-order chi connectivity index (χ0) is 17.8. The summed E-state index contributed by atoms with van der Waals surface area (Å²) in [5.41, 5.74) is 1.46. The predicted molar refractivity (Wildman–Crippen MR) is 91.1 cm³/mol. The quantitative estimate of drug-likeness (QED) is 0.750. The average molecular weight is 345 g/mol. The Kier molecular flexibility index (Phi) is 5.16. The lowest BCUT2D eigenvalue weighted by Gasteiger charge is -2.09. The van der Waals surface area contributed by atoms with Crippen LogP contribution in [0.25, 0.3) is 0 Å². The highest BCUT2D eigenvalue weighted by molar-refractivity contribution is 6.02. The third kappa shape index (κ3) is 4.07. The van der Waals surface area contributed by atoms with E-state index in [1.165, 1.54) is 0 Å². The Bertz CT molecular complexity index is 736. The van der Waals surface area contributed by atoms with Crippen LogP contribution in [0.3, 0.4) is 0 Å². The van der Waals surface area contributed by atoms with E-state index in [2.05, 4.69) is 34.5 Å². The topological polar surface area (TPSA) is 102 Å². The standard InChI is InChI=1S/C17H23N5O3/c1-11(2)9-22-15(5-6-18-22)17(24)19-16-8-14(20-21-16)12-3-4-13(7-12)25-10-23/h5-6,8,10-13H,3-4,7,9H2,1-2H3,(H2,19,20,21,24). The van der Waals surface area contributed by atoms with Gasteiger partial charge < -0.3 is 10.1 Å². The zero-order valence-electron chi connectivity index (χ0n) is 14.4. The van der Waals surface area contributed by atoms with Crippen LogP contribution in [-0.4, -0.2) is 38.5 Å². The van der Waals surface area contributed by atoms with Gasteiger partial charge in [0.25, 0.3) is 12.4 Å². The molecule has 2 aromatic rings. The lowest BCUT2D eigenvalue weighted by Crippen LogP contribution is -2.19. The SMILES string of the molecule is CC(C)Cn1nccc1C(=O)Nc1cc(C2CCC(OC=O)C2)[nH]n1. The van der Waals surface area contributed by atoms with Gasteiger partial charge >= 0.3 is 0 Å². The van der Waals surface area contributed by atoms with Crippen molar-refractivity contribution in [3.05, 3.63) is 29.7 Å². The number of nitrogens with one attached hydrogen (secondary N) is 2. The van der Waals surface area contributed by atoms with Gasteiger partial charge in [0.2, 0.25) is 0 Å². The average Bonchev–Trinajstić information content (AvgIpc) is 3.27. The molecule has 2 heterocycles. The molecule has 8 nitrogen and oxygen atoms in total. The van der Waals surface area contributed by atoms with Crippen LogP contribution in [0.2, 0.25) is 0 Å². The first-order chi connectivity index (χ1) is 12.1. The molecule has 0 aliphatic heterocycles. The number of hydrogen-bond acceptors (Lipinski definition) is 5. The molecule has 8 heteroatoms. The first kappa shape index (κ1) is 17.2. The molecule has 1 amide bonds. The second kappa shape index (κ2) is 7.50. The van der Waals surface area contributed by atoms with Crippen molar-refractivity contribution in [2.75, 3.05) is 5.32 Å². The molecule has 0 bridgehead atoms. The van der Waals surface area contributed by atoms with Crippen molar-refractivity contribution in [1.29, 1.82) is 0 Å². The maximum Gasteiger partial charge on any atom is 0.293 e. The molecular weight excluding hydrogens is 322 g/mol. The number of H-pyrrole nitrogens is 1. The van der Waals surface area contributed by atoms with Gasteiger partial charge in [-0.15, -0.1) is 0 Å². The molecule has 2 atom stereocenters. The van der Waals surface area contributed by atoms with Crippen LogP contribution in [0.5, 0.6) is 0 Å². The maximum absolute atomic E-state index is 12.5. The van der Waals surface area contributed by atoms with E-state index in [9.17, 15) is 9.59 Å². The van der Waals surface area contributed by atoms with E-state index < -0.39 is 0 Å². The number of hydrogen-bond donors (Lipinski definition) is 2. The number of carbonyl (C=O) groups is 2. The lowest BCUT2D eigenvalue weighted by molar-refractivity contribution is -0.133. The number of amides is 1. The van der Waals surface area contributed by atoms with Crippen molar-refractivity contribution in [1.82, 2.24) is 20.0 Å². The summed E-state index contributed by atoms with van der Waals surface area (Å²) in [5.74, 6) is 0.906. The van der Waals surface area contributed by atoms with E-state index in [1.54, 1.807) is 16.9 Å². The van der Waals surface area contributed by atoms with E-state index in [-0.39, 0.29) is 17.9 Å². The van der Waals surface area contributed by atoms with Gasteiger partial charge in [-0.05, 0) is 31.2 Å². The summed E-state index contributed by atoms with van der Waals surface area (Å²) >= 11 is 0. The number of ether oxygens (including phenoxy) is 1. The molecule has 3 rings (SSSR count). The van der Waals surface area contributed by atoms with Crippen molar-refractivity contribution >= 4 is 18.2 Å². The Labute approximate surface area is 145 Å². The fourth-order valence-corrected chi connectivity index (χ4v) is 3.23. The molecule has 2 unspecified atom stereocenters. The third-order valence-corrected chi connectivity index (χ3v) is 4.40. The van der Waals surface area contributed by atoms with E-state index in [1.807, 2.05) is 6.07 Å². The summed E-state index contributed by atoms with van der Waals surface area (Å²) in [7, 11) is 0. The normalized spacial score (nSPS) is 20.0. The second-order valence-electron chi connectivity index (χ2n) is 6.82. The summed E-state index contributed by atoms with van der Waals surface area (Å²) in [6, 6.07) is 3.54. The summed E-state index contributed by atoms with van der Waals surface area (Å²) in [4.78, 5) is 22.9. The fraction of sp³-hybridized carbons (Fsp3) is 0.529. The molecule has 2 aromatic heterocycles.